The summed E-state index contributed by atoms with van der Waals surface area (Å²) in [6, 6.07) is 21.4. The molecule has 2 aromatic carbocycles. The van der Waals surface area contributed by atoms with Crippen molar-refractivity contribution < 1.29 is 9.36 Å². The third-order valence-electron chi connectivity index (χ3n) is 3.59. The highest BCUT2D eigenvalue weighted by molar-refractivity contribution is 5.97. The van der Waals surface area contributed by atoms with Crippen LogP contribution in [0, 0.1) is 0 Å². The zero-order valence-corrected chi connectivity index (χ0v) is 11.4. The molecule has 2 nitrogen and oxygen atoms in total. The van der Waals surface area contributed by atoms with Crippen LogP contribution in [-0.4, -0.2) is 5.78 Å². The van der Waals surface area contributed by atoms with Crippen molar-refractivity contribution in [2.75, 3.05) is 0 Å². The summed E-state index contributed by atoms with van der Waals surface area (Å²) in [5, 5.41) is 1.14. The molecule has 0 saturated heterocycles. The molecule has 0 fully saturated rings. The van der Waals surface area contributed by atoms with E-state index in [4.69, 9.17) is 0 Å². The molecule has 2 heteroatoms. The molecule has 1 heterocycles. The van der Waals surface area contributed by atoms with E-state index >= 15 is 0 Å². The first-order chi connectivity index (χ1) is 9.77. The fourth-order valence-electron chi connectivity index (χ4n) is 2.49. The molecule has 3 aromatic rings. The van der Waals surface area contributed by atoms with Crippen molar-refractivity contribution in [3.63, 3.8) is 0 Å². The van der Waals surface area contributed by atoms with Crippen molar-refractivity contribution in [3.8, 4) is 0 Å². The Labute approximate surface area is 118 Å². The van der Waals surface area contributed by atoms with Gasteiger partial charge in [0.1, 0.15) is 0 Å². The number of para-hydroxylation sites is 1. The quantitative estimate of drug-likeness (QED) is 0.522. The Morgan fingerprint density at radius 1 is 0.900 bits per heavy atom. The number of carbonyl (C=O) groups is 1. The van der Waals surface area contributed by atoms with E-state index in [9.17, 15) is 4.79 Å². The van der Waals surface area contributed by atoms with E-state index in [2.05, 4.69) is 12.1 Å². The number of fused-ring (bicyclic) bond motifs is 1. The van der Waals surface area contributed by atoms with Crippen LogP contribution in [0.1, 0.15) is 23.3 Å². The van der Waals surface area contributed by atoms with Gasteiger partial charge < -0.3 is 0 Å². The van der Waals surface area contributed by atoms with E-state index in [-0.39, 0.29) is 11.8 Å². The number of benzene rings is 2. The van der Waals surface area contributed by atoms with E-state index in [0.717, 1.165) is 16.5 Å². The standard InChI is InChI=1S/C18H16NO/c1-14(18(20)16-9-3-2-4-10-16)19-13-7-11-15-8-5-6-12-17(15)19/h2-14H,1H3/q+1/t14-/m1/s1. The zero-order valence-electron chi connectivity index (χ0n) is 11.4. The van der Waals surface area contributed by atoms with Crippen molar-refractivity contribution in [1.29, 1.82) is 0 Å². The molecule has 0 bridgehead atoms. The van der Waals surface area contributed by atoms with E-state index in [1.807, 2.05) is 72.3 Å². The van der Waals surface area contributed by atoms with Crippen LogP contribution >= 0.6 is 0 Å². The maximum atomic E-state index is 12.6. The van der Waals surface area contributed by atoms with Gasteiger partial charge in [0.25, 0.3) is 0 Å². The molecule has 0 amide bonds. The van der Waals surface area contributed by atoms with E-state index < -0.39 is 0 Å². The number of pyridine rings is 1. The largest absolute Gasteiger partial charge is 0.287 e. The van der Waals surface area contributed by atoms with Gasteiger partial charge in [-0.3, -0.25) is 4.79 Å². The second-order valence-corrected chi connectivity index (χ2v) is 4.88. The third-order valence-corrected chi connectivity index (χ3v) is 3.59. The van der Waals surface area contributed by atoms with E-state index in [1.54, 1.807) is 0 Å². The normalized spacial score (nSPS) is 12.2. The molecule has 0 aliphatic rings. The maximum absolute atomic E-state index is 12.6. The second-order valence-electron chi connectivity index (χ2n) is 4.88. The smallest absolute Gasteiger partial charge is 0.230 e. The fourth-order valence-corrected chi connectivity index (χ4v) is 2.49. The van der Waals surface area contributed by atoms with Crippen LogP contribution in [0.15, 0.2) is 72.9 Å². The van der Waals surface area contributed by atoms with Crippen molar-refractivity contribution in [2.24, 2.45) is 0 Å². The summed E-state index contributed by atoms with van der Waals surface area (Å²) in [6.45, 7) is 1.95. The number of aromatic nitrogens is 1. The minimum absolute atomic E-state index is 0.131. The Bertz CT molecular complexity index is 744. The van der Waals surface area contributed by atoms with Crippen molar-refractivity contribution >= 4 is 16.7 Å². The van der Waals surface area contributed by atoms with Crippen molar-refractivity contribution in [3.05, 3.63) is 78.5 Å². The Hall–Kier alpha value is -2.48. The number of Topliss-reactive ketones (excluding diaryl/α,β-unsaturated/α-hetero) is 1. The maximum Gasteiger partial charge on any atom is 0.230 e. The summed E-state index contributed by atoms with van der Waals surface area (Å²) in [7, 11) is 0. The topological polar surface area (TPSA) is 20.9 Å². The van der Waals surface area contributed by atoms with Gasteiger partial charge in [-0.15, -0.1) is 0 Å². The second kappa shape index (κ2) is 5.25. The summed E-state index contributed by atoms with van der Waals surface area (Å²) >= 11 is 0. The number of rotatable bonds is 3. The van der Waals surface area contributed by atoms with Gasteiger partial charge in [-0.1, -0.05) is 42.5 Å². The lowest BCUT2D eigenvalue weighted by Gasteiger charge is -2.08. The average Bonchev–Trinajstić information content (AvgIpc) is 2.54. The molecule has 0 N–H and O–H groups in total. The Morgan fingerprint density at radius 3 is 2.35 bits per heavy atom. The van der Waals surface area contributed by atoms with Crippen LogP contribution in [0.5, 0.6) is 0 Å². The molecule has 98 valence electrons. The summed E-state index contributed by atoms with van der Waals surface area (Å²) in [4.78, 5) is 12.6. The summed E-state index contributed by atoms with van der Waals surface area (Å²) < 4.78 is 2.03. The molecule has 0 aliphatic heterocycles. The number of nitrogens with zero attached hydrogens (tertiary/aromatic N) is 1. The predicted octanol–water partition coefficient (Wildman–Crippen LogP) is 3.57. The SMILES string of the molecule is C[C@H](C(=O)c1ccccc1)[n+]1cccc2ccccc21. The molecule has 0 saturated carbocycles. The molecule has 1 atom stereocenters. The van der Waals surface area contributed by atoms with Gasteiger partial charge in [0.15, 0.2) is 6.20 Å². The van der Waals surface area contributed by atoms with E-state index in [0.29, 0.717) is 0 Å². The Kier molecular flexibility index (Phi) is 3.30. The van der Waals surface area contributed by atoms with Gasteiger partial charge in [-0.2, -0.15) is 4.57 Å². The van der Waals surface area contributed by atoms with E-state index in [1.165, 1.54) is 0 Å². The monoisotopic (exact) mass is 262 g/mol. The minimum Gasteiger partial charge on any atom is -0.287 e. The Balaban J connectivity index is 2.05. The lowest BCUT2D eigenvalue weighted by Crippen LogP contribution is -2.42. The molecular formula is C18H16NO+. The lowest BCUT2D eigenvalue weighted by atomic mass is 10.0. The number of ketones is 1. The highest BCUT2D eigenvalue weighted by Gasteiger charge is 2.25. The van der Waals surface area contributed by atoms with Crippen LogP contribution in [0.2, 0.25) is 0 Å². The summed E-state index contributed by atoms with van der Waals surface area (Å²) in [5.74, 6) is 0.131. The summed E-state index contributed by atoms with van der Waals surface area (Å²) in [6.07, 6.45) is 1.97. The molecule has 20 heavy (non-hydrogen) atoms. The zero-order chi connectivity index (χ0) is 13.9. The van der Waals surface area contributed by atoms with Crippen LogP contribution in [-0.2, 0) is 0 Å². The van der Waals surface area contributed by atoms with Crippen LogP contribution in [0.3, 0.4) is 0 Å². The first-order valence-corrected chi connectivity index (χ1v) is 6.75. The van der Waals surface area contributed by atoms with Gasteiger partial charge in [0.2, 0.25) is 17.3 Å². The van der Waals surface area contributed by atoms with Gasteiger partial charge in [0.05, 0.1) is 0 Å². The fraction of sp³-hybridized carbons (Fsp3) is 0.111. The molecule has 1 aromatic heterocycles. The number of hydrogen-bond donors (Lipinski definition) is 0. The number of hydrogen-bond acceptors (Lipinski definition) is 1. The van der Waals surface area contributed by atoms with Gasteiger partial charge >= 0.3 is 0 Å². The number of carbonyl (C=O) groups excluding carboxylic acids is 1. The van der Waals surface area contributed by atoms with Crippen LogP contribution in [0.25, 0.3) is 10.9 Å². The highest BCUT2D eigenvalue weighted by Crippen LogP contribution is 2.14. The molecule has 0 spiro atoms. The minimum atomic E-state index is -0.219. The molecule has 0 radical (unpaired) electrons. The van der Waals surface area contributed by atoms with Crippen LogP contribution < -0.4 is 4.57 Å². The van der Waals surface area contributed by atoms with Gasteiger partial charge in [-0.05, 0) is 12.1 Å². The molecule has 3 rings (SSSR count). The molecular weight excluding hydrogens is 246 g/mol. The predicted molar refractivity (Wildman–Crippen MR) is 79.6 cm³/mol. The lowest BCUT2D eigenvalue weighted by molar-refractivity contribution is -0.679. The highest BCUT2D eigenvalue weighted by atomic mass is 16.1. The average molecular weight is 262 g/mol. The van der Waals surface area contributed by atoms with Crippen molar-refractivity contribution in [1.82, 2.24) is 0 Å². The summed E-state index contributed by atoms with van der Waals surface area (Å²) in [5.41, 5.74) is 1.83. The first kappa shape index (κ1) is 12.5. The van der Waals surface area contributed by atoms with Crippen LogP contribution in [0.4, 0.5) is 0 Å². The van der Waals surface area contributed by atoms with Gasteiger partial charge in [0, 0.05) is 30.0 Å². The third kappa shape index (κ3) is 2.21. The van der Waals surface area contributed by atoms with Crippen molar-refractivity contribution in [2.45, 2.75) is 13.0 Å². The van der Waals surface area contributed by atoms with Gasteiger partial charge in [-0.25, -0.2) is 0 Å². The molecule has 0 unspecified atom stereocenters. The Morgan fingerprint density at radius 2 is 1.55 bits per heavy atom. The molecule has 0 aliphatic carbocycles. The first-order valence-electron chi connectivity index (χ1n) is 6.75.